The Morgan fingerprint density at radius 1 is 0.682 bits per heavy atom. The van der Waals surface area contributed by atoms with Crippen LogP contribution in [0.2, 0.25) is 0 Å². The van der Waals surface area contributed by atoms with E-state index in [1.54, 1.807) is 80.0 Å². The Bertz CT molecular complexity index is 5020. The fourth-order valence-electron chi connectivity index (χ4n) is 15.1. The molecule has 3 aliphatic rings. The molecule has 2 aliphatic carbocycles. The van der Waals surface area contributed by atoms with Gasteiger partial charge in [0.1, 0.15) is 77.1 Å². The second-order valence-electron chi connectivity index (χ2n) is 26.6. The number of benzene rings is 7. The molecule has 27 heteroatoms. The molecule has 5 heterocycles. The zero-order valence-corrected chi connectivity index (χ0v) is 62.4. The van der Waals surface area contributed by atoms with E-state index in [1.165, 1.54) is 6.33 Å². The number of aromatic nitrogens is 7. The highest BCUT2D eigenvalue weighted by molar-refractivity contribution is 8.07. The van der Waals surface area contributed by atoms with Gasteiger partial charge < -0.3 is 66.2 Å². The van der Waals surface area contributed by atoms with Gasteiger partial charge in [0.05, 0.1) is 64.5 Å². The van der Waals surface area contributed by atoms with E-state index in [9.17, 15) is 14.4 Å². The van der Waals surface area contributed by atoms with Crippen LogP contribution < -0.4 is 35.1 Å². The van der Waals surface area contributed by atoms with E-state index in [-0.39, 0.29) is 66.9 Å². The lowest BCUT2D eigenvalue weighted by atomic mass is 9.79. The fourth-order valence-corrected chi connectivity index (χ4v) is 18.1. The topological polar surface area (TPSA) is 266 Å². The summed E-state index contributed by atoms with van der Waals surface area (Å²) in [6, 6.07) is 59.5. The Kier molecular flexibility index (Phi) is 21.6. The monoisotopic (exact) mass is 1500 g/mol. The highest BCUT2D eigenvalue weighted by atomic mass is 32.5. The molecule has 2 amide bonds. The highest BCUT2D eigenvalue weighted by Gasteiger charge is 2.72. The number of carbonyl (C=O) groups is 2. The van der Waals surface area contributed by atoms with Crippen molar-refractivity contribution < 1.29 is 61.1 Å². The van der Waals surface area contributed by atoms with Crippen LogP contribution >= 0.6 is 18.3 Å². The SMILES string of the molecule is [C-]#[N+]CCOP(=S)(OC[C@H]1O[C@@H](c2snc3c(=O)[nH]c(NC(=O)C(C)C)nc23)[C@H](OC(c2ccccc2)(c2ccc(OC)cc2)c2ccc(OC)cc2)[C@@H]1OC)O[C@@H]1[C@@H](COC(c2ccccc2)(c2ccc(OC)cc2)c2ccc(OC)cc2)[C@@H]2CC2(n2cnc3c(NC(=O)c4ccccc4)ncnc32)[C@@H]1C. The van der Waals surface area contributed by atoms with Crippen molar-refractivity contribution in [2.24, 2.45) is 23.7 Å². The molecule has 0 radical (unpaired) electrons. The van der Waals surface area contributed by atoms with Gasteiger partial charge in [0, 0.05) is 30.4 Å². The second kappa shape index (κ2) is 31.4. The Morgan fingerprint density at radius 2 is 1.22 bits per heavy atom. The summed E-state index contributed by atoms with van der Waals surface area (Å²) in [7, 11) is 8.00. The summed E-state index contributed by atoms with van der Waals surface area (Å²) in [5.74, 6) is 0.363. The maximum atomic E-state index is 14.1. The summed E-state index contributed by atoms with van der Waals surface area (Å²) in [5.41, 5.74) is 1.94. The van der Waals surface area contributed by atoms with E-state index < -0.39 is 77.3 Å². The van der Waals surface area contributed by atoms with E-state index in [2.05, 4.69) is 41.3 Å². The molecule has 2 saturated carbocycles. The van der Waals surface area contributed by atoms with Crippen molar-refractivity contribution in [1.82, 2.24) is 33.9 Å². The lowest BCUT2D eigenvalue weighted by Gasteiger charge is -2.40. The average Bonchev–Trinajstić information content (AvgIpc) is 1.50. The van der Waals surface area contributed by atoms with Gasteiger partial charge in [0.25, 0.3) is 11.5 Å². The van der Waals surface area contributed by atoms with Gasteiger partial charge in [-0.15, -0.1) is 0 Å². The minimum Gasteiger partial charge on any atom is -0.497 e. The maximum Gasteiger partial charge on any atom is 0.327 e. The van der Waals surface area contributed by atoms with Crippen molar-refractivity contribution in [3.63, 3.8) is 0 Å². The van der Waals surface area contributed by atoms with E-state index in [0.717, 1.165) is 33.8 Å². The Hall–Kier alpha value is -10.1. The number of anilines is 2. The molecule has 0 spiro atoms. The molecular weight excluding hydrogens is 1420 g/mol. The van der Waals surface area contributed by atoms with Crippen LogP contribution in [0.3, 0.4) is 0 Å². The number of hydrogen-bond donors (Lipinski definition) is 3. The molecule has 3 fully saturated rings. The number of aromatic amines is 1. The summed E-state index contributed by atoms with van der Waals surface area (Å²) in [6.45, 7) is 8.90. The summed E-state index contributed by atoms with van der Waals surface area (Å²) in [6.07, 6.45) is -1.40. The standard InChI is InChI=1S/C80H79N10O14PS2/c1-48(2)74(91)87-77-85-64-65(76(93)88-77)89-107-71(64)70-69(103-80(52-23-17-12-18-24-52,55-29-37-59(96-7)38-30-55)56-31-39-60(97-8)40-32-56)68(98-9)63(102-70)45-101-105(106,100-42-41-81-4)104-67-49(3)78(90-47-84-66-72(82-46-83-73(66)90)86-75(92)50-19-13-10-14-20-50)43-62(78)61(67)44-99-79(51-21-15-11-16-22-51,53-25-33-57(94-5)34-26-53)54-27-35-58(95-6)36-28-54/h10-40,46-49,61-63,67-70H,41-45H2,1-3,5-9H3,(H,82,83,86,92)(H2,85,87,88,91,93)/t49-,61+,62+,63-,67+,68-,69-,70-,78?,105?/m1/s1. The summed E-state index contributed by atoms with van der Waals surface area (Å²) < 4.78 is 80.8. The number of imidazole rings is 1. The van der Waals surface area contributed by atoms with Gasteiger partial charge in [-0.2, -0.15) is 4.37 Å². The van der Waals surface area contributed by atoms with Crippen molar-refractivity contribution >= 4 is 75.8 Å². The number of amides is 2. The molecule has 1 aliphatic heterocycles. The fraction of sp³-hybridized carbons (Fsp3) is 0.312. The van der Waals surface area contributed by atoms with Gasteiger partial charge >= 0.3 is 6.72 Å². The number of nitrogens with one attached hydrogen (secondary N) is 3. The number of ether oxygens (including phenoxy) is 8. The number of H-pyrrole nitrogens is 1. The van der Waals surface area contributed by atoms with Crippen LogP contribution in [-0.2, 0) is 65.9 Å². The van der Waals surface area contributed by atoms with E-state index in [4.69, 9.17) is 84.8 Å². The van der Waals surface area contributed by atoms with Crippen molar-refractivity contribution in [3.05, 3.63) is 266 Å². The molecule has 2 unspecified atom stereocenters. The average molecular weight is 1500 g/mol. The van der Waals surface area contributed by atoms with Gasteiger partial charge in [-0.05, 0) is 130 Å². The maximum absolute atomic E-state index is 14.1. The first-order chi connectivity index (χ1) is 52.0. The van der Waals surface area contributed by atoms with Crippen LogP contribution in [0.1, 0.15) is 81.9 Å². The number of fused-ring (bicyclic) bond motifs is 3. The number of carbonyl (C=O) groups excluding carboxylic acids is 2. The van der Waals surface area contributed by atoms with E-state index >= 15 is 0 Å². The zero-order valence-electron chi connectivity index (χ0n) is 59.9. The quantitative estimate of drug-likeness (QED) is 0.0163. The zero-order chi connectivity index (χ0) is 74.6. The van der Waals surface area contributed by atoms with Gasteiger partial charge in [0.2, 0.25) is 18.4 Å². The van der Waals surface area contributed by atoms with Crippen LogP contribution in [-0.4, -0.2) is 132 Å². The molecule has 0 bridgehead atoms. The largest absolute Gasteiger partial charge is 0.497 e. The number of nitrogens with zero attached hydrogens (tertiary/aromatic N) is 7. The minimum absolute atomic E-state index is 0.000699. The first kappa shape index (κ1) is 73.7. The normalized spacial score (nSPS) is 21.0. The highest BCUT2D eigenvalue weighted by Crippen LogP contribution is 2.71. The molecular formula is C80H79N10O14PS2. The third-order valence-corrected chi connectivity index (χ3v) is 23.8. The molecule has 24 nitrogen and oxygen atoms in total. The van der Waals surface area contributed by atoms with Gasteiger partial charge in [-0.1, -0.05) is 148 Å². The van der Waals surface area contributed by atoms with E-state index in [1.807, 2.05) is 164 Å². The minimum atomic E-state index is -4.11. The van der Waals surface area contributed by atoms with Crippen LogP contribution in [0.15, 0.2) is 206 Å². The lowest BCUT2D eigenvalue weighted by molar-refractivity contribution is -0.118. The van der Waals surface area contributed by atoms with Gasteiger partial charge in [-0.3, -0.25) is 24.7 Å². The third-order valence-electron chi connectivity index (χ3n) is 20.5. The van der Waals surface area contributed by atoms with Crippen LogP contribution in [0.25, 0.3) is 27.0 Å². The second-order valence-corrected chi connectivity index (χ2v) is 30.4. The Labute approximate surface area is 627 Å². The molecule has 1 saturated heterocycles. The molecule has 10 atom stereocenters. The lowest BCUT2D eigenvalue weighted by Crippen LogP contribution is -2.44. The molecule has 14 rings (SSSR count). The Balaban J connectivity index is 0.879. The van der Waals surface area contributed by atoms with Crippen molar-refractivity contribution in [3.8, 4) is 23.0 Å². The molecule has 550 valence electrons. The van der Waals surface area contributed by atoms with Crippen molar-refractivity contribution in [1.29, 1.82) is 0 Å². The van der Waals surface area contributed by atoms with Gasteiger partial charge in [0.15, 0.2) is 22.5 Å². The molecule has 4 aromatic heterocycles. The van der Waals surface area contributed by atoms with Gasteiger partial charge in [-0.25, -0.2) is 26.5 Å². The Morgan fingerprint density at radius 3 is 1.77 bits per heavy atom. The van der Waals surface area contributed by atoms with E-state index in [0.29, 0.717) is 62.2 Å². The van der Waals surface area contributed by atoms with Crippen LogP contribution in [0, 0.1) is 30.2 Å². The summed E-state index contributed by atoms with van der Waals surface area (Å²) in [5, 5.41) is 5.73. The molecule has 11 aromatic rings. The summed E-state index contributed by atoms with van der Waals surface area (Å²) in [4.78, 5) is 67.0. The molecule has 7 aromatic carbocycles. The van der Waals surface area contributed by atoms with Crippen LogP contribution in [0.5, 0.6) is 23.0 Å². The first-order valence-corrected chi connectivity index (χ1v) is 38.2. The number of methoxy groups -OCH3 is 5. The summed E-state index contributed by atoms with van der Waals surface area (Å²) >= 11 is 7.72. The first-order valence-electron chi connectivity index (χ1n) is 34.9. The molecule has 3 N–H and O–H groups in total. The van der Waals surface area contributed by atoms with Crippen molar-refractivity contribution in [2.45, 2.75) is 74.5 Å². The molecule has 107 heavy (non-hydrogen) atoms. The van der Waals surface area contributed by atoms with Crippen molar-refractivity contribution in [2.75, 3.05) is 72.5 Å². The third kappa shape index (κ3) is 14.1. The predicted molar refractivity (Wildman–Crippen MR) is 406 cm³/mol. The number of hydrogen-bond acceptors (Lipinski definition) is 21. The predicted octanol–water partition coefficient (Wildman–Crippen LogP) is 13.5. The smallest absolute Gasteiger partial charge is 0.327 e. The van der Waals surface area contributed by atoms with Crippen LogP contribution in [0.4, 0.5) is 11.8 Å². The number of rotatable bonds is 30.